The van der Waals surface area contributed by atoms with Crippen LogP contribution >= 0.6 is 0 Å². The van der Waals surface area contributed by atoms with Gasteiger partial charge in [0.25, 0.3) is 0 Å². The number of rotatable bonds is 6. The van der Waals surface area contributed by atoms with E-state index >= 15 is 0 Å². The van der Waals surface area contributed by atoms with Crippen LogP contribution in [0.1, 0.15) is 13.8 Å². The van der Waals surface area contributed by atoms with E-state index in [9.17, 15) is 0 Å². The van der Waals surface area contributed by atoms with Gasteiger partial charge in [0.05, 0.1) is 0 Å². The van der Waals surface area contributed by atoms with Gasteiger partial charge in [-0.05, 0) is 0 Å². The summed E-state index contributed by atoms with van der Waals surface area (Å²) in [4.78, 5) is 0. The van der Waals surface area contributed by atoms with Gasteiger partial charge in [-0.3, -0.25) is 0 Å². The van der Waals surface area contributed by atoms with Crippen molar-refractivity contribution in [2.24, 2.45) is 11.8 Å². The summed E-state index contributed by atoms with van der Waals surface area (Å²) in [6, 6.07) is 0. The molecule has 19 heavy (non-hydrogen) atoms. The van der Waals surface area contributed by atoms with E-state index in [2.05, 4.69) is 13.8 Å². The third kappa shape index (κ3) is 5.49. The fourth-order valence-corrected chi connectivity index (χ4v) is 6.06. The van der Waals surface area contributed by atoms with Gasteiger partial charge in [-0.1, -0.05) is 0 Å². The second kappa shape index (κ2) is 8.81. The molecule has 4 nitrogen and oxygen atoms in total. The first-order chi connectivity index (χ1) is 9.27. The van der Waals surface area contributed by atoms with Crippen molar-refractivity contribution in [1.82, 2.24) is 0 Å². The van der Waals surface area contributed by atoms with Crippen molar-refractivity contribution in [1.29, 1.82) is 0 Å². The average Bonchev–Trinajstić information content (AvgIpc) is 2.49. The maximum atomic E-state index is 5.76. The van der Waals surface area contributed by atoms with Crippen LogP contribution < -0.4 is 0 Å². The van der Waals surface area contributed by atoms with Crippen LogP contribution in [-0.4, -0.2) is 72.8 Å². The molecule has 0 amide bonds. The molecule has 0 aromatic rings. The van der Waals surface area contributed by atoms with Crippen LogP contribution in [0.3, 0.4) is 0 Å². The fraction of sp³-hybridized carbons (Fsp3) is 1.00. The summed E-state index contributed by atoms with van der Waals surface area (Å²) in [6.07, 6.45) is 0.645. The zero-order valence-electron chi connectivity index (χ0n) is 12.0. The van der Waals surface area contributed by atoms with Crippen molar-refractivity contribution in [2.75, 3.05) is 39.6 Å². The van der Waals surface area contributed by atoms with Crippen LogP contribution in [0.15, 0.2) is 0 Å². The molecular weight excluding hydrogens is 360 g/mol. The molecule has 5 heteroatoms. The SMILES string of the molecule is CC(C[Te]CC(C)C1COCCO1)C1COCCO1. The molecule has 2 aliphatic heterocycles. The van der Waals surface area contributed by atoms with Gasteiger partial charge < -0.3 is 0 Å². The van der Waals surface area contributed by atoms with Crippen LogP contribution in [0.25, 0.3) is 0 Å². The Bertz CT molecular complexity index is 216. The zero-order valence-corrected chi connectivity index (χ0v) is 14.3. The summed E-state index contributed by atoms with van der Waals surface area (Å²) in [6.45, 7) is 9.21. The number of ether oxygens (including phenoxy) is 4. The first kappa shape index (κ1) is 16.0. The Labute approximate surface area is 126 Å². The van der Waals surface area contributed by atoms with Crippen LogP contribution in [0, 0.1) is 11.8 Å². The molecule has 0 aromatic carbocycles. The van der Waals surface area contributed by atoms with Crippen molar-refractivity contribution in [3.8, 4) is 0 Å². The Hall–Kier alpha value is 0.630. The van der Waals surface area contributed by atoms with E-state index in [1.54, 1.807) is 0 Å². The van der Waals surface area contributed by atoms with E-state index < -0.39 is 0 Å². The molecule has 0 aliphatic carbocycles. The van der Waals surface area contributed by atoms with Gasteiger partial charge >= 0.3 is 126 Å². The summed E-state index contributed by atoms with van der Waals surface area (Å²) in [5.74, 6) is 1.27. The third-order valence-corrected chi connectivity index (χ3v) is 8.06. The Morgan fingerprint density at radius 2 is 1.32 bits per heavy atom. The minimum absolute atomic E-state index is 0.0365. The van der Waals surface area contributed by atoms with Crippen molar-refractivity contribution in [3.63, 3.8) is 0 Å². The standard InChI is InChI=1S/C14H26O4Te/c1-11(13-7-15-3-5-17-13)9-19-10-12(2)14-8-16-4-6-18-14/h11-14H,3-10H2,1-2H3. The molecule has 2 fully saturated rings. The van der Waals surface area contributed by atoms with Gasteiger partial charge in [-0.15, -0.1) is 0 Å². The monoisotopic (exact) mass is 388 g/mol. The topological polar surface area (TPSA) is 36.9 Å². The van der Waals surface area contributed by atoms with E-state index in [1.807, 2.05) is 0 Å². The molecule has 4 atom stereocenters. The molecule has 0 saturated carbocycles. The maximum absolute atomic E-state index is 5.76. The van der Waals surface area contributed by atoms with Crippen LogP contribution in [-0.2, 0) is 18.9 Å². The van der Waals surface area contributed by atoms with E-state index in [4.69, 9.17) is 18.9 Å². The molecule has 2 saturated heterocycles. The van der Waals surface area contributed by atoms with E-state index in [0.717, 1.165) is 39.6 Å². The van der Waals surface area contributed by atoms with Crippen molar-refractivity contribution in [2.45, 2.75) is 35.0 Å². The van der Waals surface area contributed by atoms with Crippen molar-refractivity contribution >= 4 is 20.9 Å². The first-order valence-electron chi connectivity index (χ1n) is 7.24. The van der Waals surface area contributed by atoms with Gasteiger partial charge in [-0.25, -0.2) is 0 Å². The normalized spacial score (nSPS) is 31.9. The summed E-state index contributed by atoms with van der Waals surface area (Å²) in [5.41, 5.74) is 0. The Balaban J connectivity index is 1.59. The third-order valence-electron chi connectivity index (χ3n) is 3.71. The molecule has 0 spiro atoms. The summed E-state index contributed by atoms with van der Waals surface area (Å²) in [7, 11) is 0. The summed E-state index contributed by atoms with van der Waals surface area (Å²) in [5, 5.41) is 0. The second-order valence-electron chi connectivity index (χ2n) is 5.46. The van der Waals surface area contributed by atoms with Crippen LogP contribution in [0.5, 0.6) is 0 Å². The predicted octanol–water partition coefficient (Wildman–Crippen LogP) is 1.63. The Kier molecular flexibility index (Phi) is 7.43. The Morgan fingerprint density at radius 3 is 1.68 bits per heavy atom. The quantitative estimate of drug-likeness (QED) is 0.651. The van der Waals surface area contributed by atoms with Crippen LogP contribution in [0.4, 0.5) is 0 Å². The number of hydrogen-bond donors (Lipinski definition) is 0. The van der Waals surface area contributed by atoms with Crippen LogP contribution in [0.2, 0.25) is 8.94 Å². The van der Waals surface area contributed by atoms with Gasteiger partial charge in [0.15, 0.2) is 0 Å². The van der Waals surface area contributed by atoms with Gasteiger partial charge in [-0.2, -0.15) is 0 Å². The second-order valence-corrected chi connectivity index (χ2v) is 8.53. The minimum atomic E-state index is 0.0365. The van der Waals surface area contributed by atoms with Crippen molar-refractivity contribution in [3.05, 3.63) is 0 Å². The molecule has 2 heterocycles. The molecular formula is C14H26O4Te. The number of hydrogen-bond acceptors (Lipinski definition) is 4. The zero-order chi connectivity index (χ0) is 13.5. The molecule has 112 valence electrons. The molecule has 4 unspecified atom stereocenters. The molecule has 0 N–H and O–H groups in total. The molecule has 2 aliphatic rings. The predicted molar refractivity (Wildman–Crippen MR) is 74.8 cm³/mol. The summed E-state index contributed by atoms with van der Waals surface area (Å²) >= 11 is 0.0365. The first-order valence-corrected chi connectivity index (χ1v) is 10.5. The van der Waals surface area contributed by atoms with Gasteiger partial charge in [0.2, 0.25) is 0 Å². The molecule has 0 radical (unpaired) electrons. The average molecular weight is 386 g/mol. The summed E-state index contributed by atoms with van der Waals surface area (Å²) < 4.78 is 25.1. The molecule has 0 aromatic heterocycles. The van der Waals surface area contributed by atoms with E-state index in [0.29, 0.717) is 24.0 Å². The van der Waals surface area contributed by atoms with Gasteiger partial charge in [0.1, 0.15) is 0 Å². The molecule has 2 rings (SSSR count). The molecule has 0 bridgehead atoms. The van der Waals surface area contributed by atoms with E-state index in [-0.39, 0.29) is 20.9 Å². The fourth-order valence-electron chi connectivity index (χ4n) is 2.32. The Morgan fingerprint density at radius 1 is 0.842 bits per heavy atom. The van der Waals surface area contributed by atoms with E-state index in [1.165, 1.54) is 8.94 Å². The van der Waals surface area contributed by atoms with Crippen molar-refractivity contribution < 1.29 is 18.9 Å². The van der Waals surface area contributed by atoms with Gasteiger partial charge in [0, 0.05) is 0 Å².